The molecule has 142 valence electrons. The van der Waals surface area contributed by atoms with E-state index in [0.717, 1.165) is 50.4 Å². The SMILES string of the molecule is O=C([C@H]1CCCN1C(=O)c1cccs1)N1CCN(Cc2ccncc2)CC1. The van der Waals surface area contributed by atoms with Crippen LogP contribution in [0.3, 0.4) is 0 Å². The van der Waals surface area contributed by atoms with Crippen molar-refractivity contribution in [1.29, 1.82) is 0 Å². The first kappa shape index (κ1) is 18.1. The van der Waals surface area contributed by atoms with Crippen LogP contribution in [0.15, 0.2) is 42.0 Å². The molecule has 2 amide bonds. The first-order chi connectivity index (χ1) is 13.2. The molecule has 0 N–H and O–H groups in total. The fraction of sp³-hybridized carbons (Fsp3) is 0.450. The monoisotopic (exact) mass is 384 g/mol. The maximum absolute atomic E-state index is 13.1. The van der Waals surface area contributed by atoms with Gasteiger partial charge in [0.05, 0.1) is 4.88 Å². The lowest BCUT2D eigenvalue weighted by atomic mass is 10.1. The number of likely N-dealkylation sites (tertiary alicyclic amines) is 1. The van der Waals surface area contributed by atoms with Crippen LogP contribution in [-0.4, -0.2) is 70.3 Å². The predicted molar refractivity (Wildman–Crippen MR) is 104 cm³/mol. The molecule has 27 heavy (non-hydrogen) atoms. The van der Waals surface area contributed by atoms with E-state index in [9.17, 15) is 9.59 Å². The standard InChI is InChI=1S/C20H24N4O2S/c25-19(17-3-1-9-24(17)20(26)18-4-2-14-27-18)23-12-10-22(11-13-23)15-16-5-7-21-8-6-16/h2,4-8,14,17H,1,3,9-13,15H2/t17-/m1/s1. The van der Waals surface area contributed by atoms with Crippen molar-refractivity contribution >= 4 is 23.2 Å². The summed E-state index contributed by atoms with van der Waals surface area (Å²) in [6.07, 6.45) is 5.30. The molecule has 7 heteroatoms. The Bertz CT molecular complexity index is 773. The molecule has 4 rings (SSSR count). The zero-order valence-corrected chi connectivity index (χ0v) is 16.1. The van der Waals surface area contributed by atoms with Crippen molar-refractivity contribution in [1.82, 2.24) is 19.7 Å². The van der Waals surface area contributed by atoms with E-state index in [1.165, 1.54) is 16.9 Å². The molecule has 0 saturated carbocycles. The van der Waals surface area contributed by atoms with Gasteiger partial charge in [0.2, 0.25) is 5.91 Å². The molecule has 2 aliphatic heterocycles. The van der Waals surface area contributed by atoms with Gasteiger partial charge in [0, 0.05) is 51.7 Å². The highest BCUT2D eigenvalue weighted by Gasteiger charge is 2.37. The molecular formula is C20H24N4O2S. The normalized spacial score (nSPS) is 20.8. The van der Waals surface area contributed by atoms with E-state index in [2.05, 4.69) is 9.88 Å². The van der Waals surface area contributed by atoms with E-state index in [1.54, 1.807) is 4.90 Å². The summed E-state index contributed by atoms with van der Waals surface area (Å²) in [5.74, 6) is 0.109. The number of nitrogens with zero attached hydrogens (tertiary/aromatic N) is 4. The molecule has 0 radical (unpaired) electrons. The van der Waals surface area contributed by atoms with Gasteiger partial charge in [-0.15, -0.1) is 11.3 Å². The third kappa shape index (κ3) is 4.04. The van der Waals surface area contributed by atoms with Crippen LogP contribution in [0.25, 0.3) is 0 Å². The fourth-order valence-electron chi connectivity index (χ4n) is 3.89. The van der Waals surface area contributed by atoms with Gasteiger partial charge in [-0.05, 0) is 42.0 Å². The summed E-state index contributed by atoms with van der Waals surface area (Å²) < 4.78 is 0. The number of hydrogen-bond donors (Lipinski definition) is 0. The lowest BCUT2D eigenvalue weighted by Gasteiger charge is -2.37. The van der Waals surface area contributed by atoms with Crippen LogP contribution >= 0.6 is 11.3 Å². The maximum Gasteiger partial charge on any atom is 0.264 e. The lowest BCUT2D eigenvalue weighted by molar-refractivity contribution is -0.137. The summed E-state index contributed by atoms with van der Waals surface area (Å²) in [6.45, 7) is 4.73. The predicted octanol–water partition coefficient (Wildman–Crippen LogP) is 2.09. The van der Waals surface area contributed by atoms with E-state index in [0.29, 0.717) is 6.54 Å². The van der Waals surface area contributed by atoms with E-state index in [1.807, 2.05) is 46.9 Å². The minimum absolute atomic E-state index is 0.00262. The minimum Gasteiger partial charge on any atom is -0.338 e. The molecule has 2 fully saturated rings. The van der Waals surface area contributed by atoms with E-state index >= 15 is 0 Å². The van der Waals surface area contributed by atoms with E-state index in [-0.39, 0.29) is 17.9 Å². The van der Waals surface area contributed by atoms with E-state index < -0.39 is 0 Å². The molecule has 0 bridgehead atoms. The topological polar surface area (TPSA) is 56.8 Å². The van der Waals surface area contributed by atoms with E-state index in [4.69, 9.17) is 0 Å². The zero-order chi connectivity index (χ0) is 18.6. The summed E-state index contributed by atoms with van der Waals surface area (Å²) in [5, 5.41) is 1.90. The smallest absolute Gasteiger partial charge is 0.264 e. The highest BCUT2D eigenvalue weighted by Crippen LogP contribution is 2.24. The summed E-state index contributed by atoms with van der Waals surface area (Å²) in [5.41, 5.74) is 1.24. The van der Waals surface area contributed by atoms with Crippen LogP contribution < -0.4 is 0 Å². The van der Waals surface area contributed by atoms with Gasteiger partial charge in [-0.25, -0.2) is 0 Å². The molecule has 4 heterocycles. The minimum atomic E-state index is -0.300. The van der Waals surface area contributed by atoms with Crippen molar-refractivity contribution in [3.05, 3.63) is 52.5 Å². The molecule has 0 unspecified atom stereocenters. The summed E-state index contributed by atoms with van der Waals surface area (Å²) in [6, 6.07) is 7.48. The second-order valence-corrected chi connectivity index (χ2v) is 8.04. The van der Waals surface area contributed by atoms with Gasteiger partial charge in [0.15, 0.2) is 0 Å². The molecule has 0 aromatic carbocycles. The Hall–Kier alpha value is -2.25. The number of thiophene rings is 1. The Balaban J connectivity index is 1.34. The average molecular weight is 385 g/mol. The van der Waals surface area contributed by atoms with Gasteiger partial charge < -0.3 is 9.80 Å². The van der Waals surface area contributed by atoms with Crippen molar-refractivity contribution in [2.75, 3.05) is 32.7 Å². The third-order valence-corrected chi connectivity index (χ3v) is 6.23. The highest BCUT2D eigenvalue weighted by molar-refractivity contribution is 7.12. The summed E-state index contributed by atoms with van der Waals surface area (Å²) in [7, 11) is 0. The van der Waals surface area contributed by atoms with Crippen LogP contribution in [0, 0.1) is 0 Å². The molecular weight excluding hydrogens is 360 g/mol. The first-order valence-corrected chi connectivity index (χ1v) is 10.3. The van der Waals surface area contributed by atoms with Crippen LogP contribution in [0.5, 0.6) is 0 Å². The van der Waals surface area contributed by atoms with Crippen LogP contribution in [0.1, 0.15) is 28.1 Å². The number of carbonyl (C=O) groups excluding carboxylic acids is 2. The van der Waals surface area contributed by atoms with Crippen LogP contribution in [-0.2, 0) is 11.3 Å². The molecule has 1 atom stereocenters. The Labute approximate surface area is 163 Å². The molecule has 2 aromatic heterocycles. The molecule has 2 aliphatic rings. The maximum atomic E-state index is 13.1. The van der Waals surface area contributed by atoms with Gasteiger partial charge in [-0.1, -0.05) is 6.07 Å². The lowest BCUT2D eigenvalue weighted by Crippen LogP contribution is -2.54. The van der Waals surface area contributed by atoms with Gasteiger partial charge >= 0.3 is 0 Å². The Kier molecular flexibility index (Phi) is 5.50. The number of pyridine rings is 1. The number of carbonyl (C=O) groups is 2. The molecule has 6 nitrogen and oxygen atoms in total. The van der Waals surface area contributed by atoms with Crippen molar-refractivity contribution in [2.24, 2.45) is 0 Å². The second-order valence-electron chi connectivity index (χ2n) is 7.09. The number of hydrogen-bond acceptors (Lipinski definition) is 5. The fourth-order valence-corrected chi connectivity index (χ4v) is 4.57. The van der Waals surface area contributed by atoms with Crippen LogP contribution in [0.4, 0.5) is 0 Å². The zero-order valence-electron chi connectivity index (χ0n) is 15.3. The highest BCUT2D eigenvalue weighted by atomic mass is 32.1. The molecule has 2 saturated heterocycles. The first-order valence-electron chi connectivity index (χ1n) is 9.47. The van der Waals surface area contributed by atoms with Crippen LogP contribution in [0.2, 0.25) is 0 Å². The van der Waals surface area contributed by atoms with Gasteiger partial charge in [0.1, 0.15) is 6.04 Å². The number of rotatable bonds is 4. The quantitative estimate of drug-likeness (QED) is 0.810. The third-order valence-electron chi connectivity index (χ3n) is 5.37. The van der Waals surface area contributed by atoms with Crippen molar-refractivity contribution in [3.8, 4) is 0 Å². The number of aromatic nitrogens is 1. The average Bonchev–Trinajstić information content (AvgIpc) is 3.40. The summed E-state index contributed by atoms with van der Waals surface area (Å²) in [4.78, 5) is 36.6. The van der Waals surface area contributed by atoms with Crippen molar-refractivity contribution in [3.63, 3.8) is 0 Å². The summed E-state index contributed by atoms with van der Waals surface area (Å²) >= 11 is 1.44. The van der Waals surface area contributed by atoms with Gasteiger partial charge in [-0.2, -0.15) is 0 Å². The Morgan fingerprint density at radius 2 is 1.85 bits per heavy atom. The molecule has 2 aromatic rings. The number of piperazine rings is 1. The number of amides is 2. The van der Waals surface area contributed by atoms with Gasteiger partial charge in [0.25, 0.3) is 5.91 Å². The Morgan fingerprint density at radius 1 is 1.07 bits per heavy atom. The Morgan fingerprint density at radius 3 is 2.56 bits per heavy atom. The van der Waals surface area contributed by atoms with Crippen molar-refractivity contribution < 1.29 is 9.59 Å². The van der Waals surface area contributed by atoms with Crippen molar-refractivity contribution in [2.45, 2.75) is 25.4 Å². The van der Waals surface area contributed by atoms with Gasteiger partial charge in [-0.3, -0.25) is 19.5 Å². The molecule has 0 spiro atoms. The molecule has 0 aliphatic carbocycles. The second kappa shape index (κ2) is 8.19. The largest absolute Gasteiger partial charge is 0.338 e.